The maximum atomic E-state index is 13.6. The number of nitrogens with one attached hydrogen (secondary N) is 1. The zero-order chi connectivity index (χ0) is 27.9. The molecule has 2 aliphatic carbocycles. The Kier molecular flexibility index (Phi) is 6.14. The van der Waals surface area contributed by atoms with E-state index in [0.29, 0.717) is 23.8 Å². The molecule has 8 nitrogen and oxygen atoms in total. The van der Waals surface area contributed by atoms with Gasteiger partial charge in [0, 0.05) is 26.6 Å². The number of aliphatic carboxylic acids is 1. The lowest BCUT2D eigenvalue weighted by Crippen LogP contribution is -2.44. The Morgan fingerprint density at radius 1 is 1.12 bits per heavy atom. The minimum atomic E-state index is -1.21. The second-order valence-electron chi connectivity index (χ2n) is 11.0. The van der Waals surface area contributed by atoms with Crippen molar-refractivity contribution in [3.05, 3.63) is 79.2 Å². The highest BCUT2D eigenvalue weighted by atomic mass is 35.5. The first-order valence-electron chi connectivity index (χ1n) is 13.2. The second kappa shape index (κ2) is 9.49. The molecule has 40 heavy (non-hydrogen) atoms. The number of carboxylic acids is 1. The van der Waals surface area contributed by atoms with Crippen molar-refractivity contribution < 1.29 is 24.2 Å². The molecule has 3 aromatic rings. The van der Waals surface area contributed by atoms with Gasteiger partial charge in [0.05, 0.1) is 16.9 Å². The van der Waals surface area contributed by atoms with Crippen LogP contribution in [0.3, 0.4) is 0 Å². The zero-order valence-corrected chi connectivity index (χ0v) is 23.7. The van der Waals surface area contributed by atoms with Gasteiger partial charge in [-0.05, 0) is 54.9 Å². The third-order valence-corrected chi connectivity index (χ3v) is 11.9. The Hall–Kier alpha value is -3.08. The first-order chi connectivity index (χ1) is 19.2. The number of thiazole rings is 1. The molecule has 3 heterocycles. The third-order valence-electron chi connectivity index (χ3n) is 9.05. The molecule has 2 N–H and O–H groups in total. The standard InChI is InChI=1S/C29H25ClN2O6S2/c1-12(28(35)36)32-26(33)21-16-10-17(22(21)27(32)34)23-20(16)19(24-25(39-23)31-29(37)40-24)15-9-14(30)7-8-18(15)38-11-13-5-3-2-4-6-13/h2-9,12,16-17,19-23H,10-11H2,1H3,(H,31,37)(H,35,36)/t12?,16?,17?,19-,20?,21?,22?,23?/m1/s1. The Morgan fingerprint density at radius 3 is 2.58 bits per heavy atom. The van der Waals surface area contributed by atoms with Crippen LogP contribution in [0.1, 0.15) is 35.3 Å². The number of hydrogen-bond acceptors (Lipinski definition) is 7. The van der Waals surface area contributed by atoms with Crippen molar-refractivity contribution in [2.75, 3.05) is 0 Å². The van der Waals surface area contributed by atoms with Gasteiger partial charge in [-0.1, -0.05) is 53.3 Å². The molecule has 2 amide bonds. The molecule has 3 fully saturated rings. The van der Waals surface area contributed by atoms with Crippen LogP contribution in [-0.4, -0.2) is 44.1 Å². The quantitative estimate of drug-likeness (QED) is 0.399. The highest BCUT2D eigenvalue weighted by Gasteiger charge is 2.70. The summed E-state index contributed by atoms with van der Waals surface area (Å²) in [4.78, 5) is 56.1. The number of benzene rings is 2. The molecular formula is C29H25ClN2O6S2. The average molecular weight is 597 g/mol. The number of likely N-dealkylation sites (tertiary alicyclic amines) is 1. The normalized spacial score (nSPS) is 30.6. The van der Waals surface area contributed by atoms with E-state index in [1.54, 1.807) is 17.8 Å². The van der Waals surface area contributed by atoms with Gasteiger partial charge in [0.15, 0.2) is 0 Å². The molecule has 11 heteroatoms. The number of rotatable bonds is 6. The molecule has 1 aromatic heterocycles. The van der Waals surface area contributed by atoms with Crippen LogP contribution >= 0.6 is 34.7 Å². The number of aromatic nitrogens is 1. The molecule has 8 atom stereocenters. The maximum Gasteiger partial charge on any atom is 0.326 e. The van der Waals surface area contributed by atoms with Crippen LogP contribution in [0.5, 0.6) is 5.75 Å². The Morgan fingerprint density at radius 2 is 1.85 bits per heavy atom. The van der Waals surface area contributed by atoms with Crippen LogP contribution in [0, 0.1) is 29.6 Å². The molecule has 2 aromatic carbocycles. The van der Waals surface area contributed by atoms with Crippen molar-refractivity contribution in [2.24, 2.45) is 29.6 Å². The summed E-state index contributed by atoms with van der Waals surface area (Å²) in [6.07, 6.45) is 0.709. The van der Waals surface area contributed by atoms with Gasteiger partial charge in [-0.3, -0.25) is 19.3 Å². The molecule has 7 unspecified atom stereocenters. The minimum Gasteiger partial charge on any atom is -0.489 e. The monoisotopic (exact) mass is 596 g/mol. The lowest BCUT2D eigenvalue weighted by molar-refractivity contribution is -0.154. The number of carbonyl (C=O) groups excluding carboxylic acids is 2. The van der Waals surface area contributed by atoms with Gasteiger partial charge in [0.1, 0.15) is 18.4 Å². The number of ether oxygens (including phenoxy) is 1. The lowest BCUT2D eigenvalue weighted by atomic mass is 9.68. The largest absolute Gasteiger partial charge is 0.489 e. The van der Waals surface area contributed by atoms with Crippen molar-refractivity contribution in [1.82, 2.24) is 9.88 Å². The van der Waals surface area contributed by atoms with E-state index in [2.05, 4.69) is 4.98 Å². The van der Waals surface area contributed by atoms with Crippen LogP contribution < -0.4 is 9.61 Å². The van der Waals surface area contributed by atoms with Gasteiger partial charge < -0.3 is 14.8 Å². The van der Waals surface area contributed by atoms with E-state index in [0.717, 1.165) is 37.3 Å². The fourth-order valence-corrected chi connectivity index (χ4v) is 10.6. The lowest BCUT2D eigenvalue weighted by Gasteiger charge is -2.43. The number of H-pyrrole nitrogens is 1. The molecule has 2 bridgehead atoms. The van der Waals surface area contributed by atoms with Gasteiger partial charge in [0.2, 0.25) is 11.8 Å². The first kappa shape index (κ1) is 25.9. The molecule has 2 saturated carbocycles. The number of aromatic amines is 1. The van der Waals surface area contributed by atoms with Crippen LogP contribution in [-0.2, 0) is 21.0 Å². The van der Waals surface area contributed by atoms with Crippen molar-refractivity contribution in [3.8, 4) is 5.75 Å². The summed E-state index contributed by atoms with van der Waals surface area (Å²) >= 11 is 9.28. The Labute approximate surface area is 242 Å². The highest BCUT2D eigenvalue weighted by Crippen LogP contribution is 2.69. The van der Waals surface area contributed by atoms with Crippen molar-refractivity contribution in [1.29, 1.82) is 0 Å². The zero-order valence-electron chi connectivity index (χ0n) is 21.3. The number of hydrogen-bond donors (Lipinski definition) is 2. The van der Waals surface area contributed by atoms with Crippen LogP contribution in [0.4, 0.5) is 0 Å². The summed E-state index contributed by atoms with van der Waals surface area (Å²) < 4.78 is 6.34. The summed E-state index contributed by atoms with van der Waals surface area (Å²) in [5.41, 5.74) is 1.87. The first-order valence-corrected chi connectivity index (χ1v) is 15.3. The fourth-order valence-electron chi connectivity index (χ4n) is 7.51. The predicted molar refractivity (Wildman–Crippen MR) is 150 cm³/mol. The van der Waals surface area contributed by atoms with Crippen LogP contribution in [0.15, 0.2) is 58.4 Å². The predicted octanol–water partition coefficient (Wildman–Crippen LogP) is 4.62. The number of nitrogens with zero attached hydrogens (tertiary/aromatic N) is 1. The number of halogens is 1. The number of carbonyl (C=O) groups is 3. The summed E-state index contributed by atoms with van der Waals surface area (Å²) in [6.45, 7) is 1.74. The Bertz CT molecular complexity index is 1610. The molecule has 1 saturated heterocycles. The van der Waals surface area contributed by atoms with E-state index in [1.165, 1.54) is 6.92 Å². The van der Waals surface area contributed by atoms with Gasteiger partial charge in [0.25, 0.3) is 0 Å². The molecule has 0 spiro atoms. The van der Waals surface area contributed by atoms with Gasteiger partial charge in [-0.25, -0.2) is 4.79 Å². The van der Waals surface area contributed by atoms with Gasteiger partial charge in [-0.15, -0.1) is 11.8 Å². The number of thioether (sulfide) groups is 1. The maximum absolute atomic E-state index is 13.6. The number of amides is 2. The van der Waals surface area contributed by atoms with E-state index in [1.807, 2.05) is 42.5 Å². The number of carboxylic acid groups (broad SMARTS) is 1. The summed E-state index contributed by atoms with van der Waals surface area (Å²) in [7, 11) is 0. The van der Waals surface area contributed by atoms with E-state index in [9.17, 15) is 24.3 Å². The summed E-state index contributed by atoms with van der Waals surface area (Å²) in [6, 6.07) is 14.1. The number of fused-ring (bicyclic) bond motifs is 9. The fraction of sp³-hybridized carbons (Fsp3) is 0.379. The van der Waals surface area contributed by atoms with Gasteiger partial charge >= 0.3 is 10.8 Å². The van der Waals surface area contributed by atoms with Crippen molar-refractivity contribution >= 4 is 52.5 Å². The van der Waals surface area contributed by atoms with E-state index < -0.39 is 23.8 Å². The molecule has 7 rings (SSSR count). The van der Waals surface area contributed by atoms with E-state index in [-0.39, 0.29) is 45.6 Å². The third kappa shape index (κ3) is 3.79. The Balaban J connectivity index is 1.31. The second-order valence-corrected chi connectivity index (χ2v) is 13.6. The molecular weight excluding hydrogens is 572 g/mol. The van der Waals surface area contributed by atoms with Crippen molar-refractivity contribution in [3.63, 3.8) is 0 Å². The van der Waals surface area contributed by atoms with Gasteiger partial charge in [-0.2, -0.15) is 0 Å². The van der Waals surface area contributed by atoms with E-state index in [4.69, 9.17) is 16.3 Å². The summed E-state index contributed by atoms with van der Waals surface area (Å²) in [5.74, 6) is -2.95. The molecule has 2 aliphatic heterocycles. The SMILES string of the molecule is CC(C(=O)O)N1C(=O)C2C3CC(C2C1=O)C1C3Sc2[nH]c(=O)sc2[C@@H]1c1cc(Cl)ccc1OCc1ccccc1. The minimum absolute atomic E-state index is 0.0215. The van der Waals surface area contributed by atoms with Crippen LogP contribution in [0.25, 0.3) is 0 Å². The average Bonchev–Trinajstić information content (AvgIpc) is 3.67. The van der Waals surface area contributed by atoms with Crippen LogP contribution in [0.2, 0.25) is 5.02 Å². The van der Waals surface area contributed by atoms with E-state index >= 15 is 0 Å². The smallest absolute Gasteiger partial charge is 0.326 e. The van der Waals surface area contributed by atoms with Crippen molar-refractivity contribution in [2.45, 2.75) is 42.2 Å². The highest BCUT2D eigenvalue weighted by molar-refractivity contribution is 8.00. The summed E-state index contributed by atoms with van der Waals surface area (Å²) in [5, 5.41) is 10.9. The molecule has 4 aliphatic rings. The molecule has 0 radical (unpaired) electrons. The number of imide groups is 1. The molecule has 206 valence electrons. The topological polar surface area (TPSA) is 117 Å².